The van der Waals surface area contributed by atoms with Gasteiger partial charge in [-0.15, -0.1) is 0 Å². The van der Waals surface area contributed by atoms with Crippen LogP contribution >= 0.6 is 0 Å². The first-order valence-electron chi connectivity index (χ1n) is 6.88. The van der Waals surface area contributed by atoms with E-state index in [1.807, 2.05) is 18.2 Å². The molecular weight excluding hydrogens is 260 g/mol. The monoisotopic (exact) mass is 284 g/mol. The summed E-state index contributed by atoms with van der Waals surface area (Å²) in [7, 11) is -2.99. The Bertz CT molecular complexity index is 492. The van der Waals surface area contributed by atoms with Crippen LogP contribution in [0.2, 0.25) is 0 Å². The van der Waals surface area contributed by atoms with E-state index in [1.54, 1.807) is 0 Å². The third-order valence-electron chi connectivity index (χ3n) is 2.82. The SMILES string of the molecule is CCCCc1cc(CS(C)(=O)=O)ccc1OCCC. The van der Waals surface area contributed by atoms with Crippen molar-refractivity contribution in [2.75, 3.05) is 12.9 Å². The maximum Gasteiger partial charge on any atom is 0.151 e. The summed E-state index contributed by atoms with van der Waals surface area (Å²) in [5.41, 5.74) is 1.97. The van der Waals surface area contributed by atoms with E-state index in [1.165, 1.54) is 6.26 Å². The molecule has 0 spiro atoms. The normalized spacial score (nSPS) is 11.5. The molecule has 0 radical (unpaired) electrons. The van der Waals surface area contributed by atoms with Crippen molar-refractivity contribution in [3.63, 3.8) is 0 Å². The Morgan fingerprint density at radius 1 is 1.16 bits per heavy atom. The highest BCUT2D eigenvalue weighted by molar-refractivity contribution is 7.89. The molecule has 1 rings (SSSR count). The first-order chi connectivity index (χ1) is 8.96. The summed E-state index contributed by atoms with van der Waals surface area (Å²) in [5.74, 6) is 0.993. The van der Waals surface area contributed by atoms with Crippen molar-refractivity contribution in [2.45, 2.75) is 45.3 Å². The summed E-state index contributed by atoms with van der Waals surface area (Å²) in [4.78, 5) is 0. The molecule has 0 amide bonds. The van der Waals surface area contributed by atoms with Gasteiger partial charge in [0.25, 0.3) is 0 Å². The molecule has 108 valence electrons. The van der Waals surface area contributed by atoms with Crippen molar-refractivity contribution in [1.29, 1.82) is 0 Å². The van der Waals surface area contributed by atoms with E-state index in [-0.39, 0.29) is 5.75 Å². The van der Waals surface area contributed by atoms with Crippen molar-refractivity contribution in [1.82, 2.24) is 0 Å². The Kier molecular flexibility index (Phi) is 6.35. The number of rotatable bonds is 8. The second-order valence-corrected chi connectivity index (χ2v) is 7.10. The number of hydrogen-bond donors (Lipinski definition) is 0. The highest BCUT2D eigenvalue weighted by Gasteiger charge is 2.09. The average Bonchev–Trinajstić information content (AvgIpc) is 2.33. The standard InChI is InChI=1S/C15H24O3S/c1-4-6-7-14-11-13(12-19(3,16)17)8-9-15(14)18-10-5-2/h8-9,11H,4-7,10,12H2,1-3H3. The van der Waals surface area contributed by atoms with Gasteiger partial charge in [0.15, 0.2) is 9.84 Å². The Morgan fingerprint density at radius 3 is 2.47 bits per heavy atom. The lowest BCUT2D eigenvalue weighted by atomic mass is 10.0. The van der Waals surface area contributed by atoms with Gasteiger partial charge in [-0.2, -0.15) is 0 Å². The maximum absolute atomic E-state index is 11.4. The number of benzene rings is 1. The zero-order chi connectivity index (χ0) is 14.3. The maximum atomic E-state index is 11.4. The number of aryl methyl sites for hydroxylation is 1. The van der Waals surface area contributed by atoms with Gasteiger partial charge in [-0.25, -0.2) is 8.42 Å². The van der Waals surface area contributed by atoms with Crippen LogP contribution in [0.3, 0.4) is 0 Å². The molecule has 0 N–H and O–H groups in total. The van der Waals surface area contributed by atoms with Gasteiger partial charge in [0.05, 0.1) is 12.4 Å². The molecule has 3 nitrogen and oxygen atoms in total. The van der Waals surface area contributed by atoms with Gasteiger partial charge in [-0.3, -0.25) is 0 Å². The molecule has 0 bridgehead atoms. The van der Waals surface area contributed by atoms with Crippen LogP contribution in [0.15, 0.2) is 18.2 Å². The molecule has 1 aromatic carbocycles. The lowest BCUT2D eigenvalue weighted by Gasteiger charge is -2.12. The van der Waals surface area contributed by atoms with Crippen LogP contribution in [0, 0.1) is 0 Å². The second-order valence-electron chi connectivity index (χ2n) is 4.96. The third kappa shape index (κ3) is 6.10. The van der Waals surface area contributed by atoms with Crippen molar-refractivity contribution >= 4 is 9.84 Å². The molecule has 0 atom stereocenters. The number of ether oxygens (including phenoxy) is 1. The van der Waals surface area contributed by atoms with Crippen LogP contribution in [-0.2, 0) is 22.0 Å². The van der Waals surface area contributed by atoms with Crippen molar-refractivity contribution in [2.24, 2.45) is 0 Å². The number of hydrogen-bond acceptors (Lipinski definition) is 3. The largest absolute Gasteiger partial charge is 0.493 e. The van der Waals surface area contributed by atoms with Crippen molar-refractivity contribution in [3.05, 3.63) is 29.3 Å². The van der Waals surface area contributed by atoms with Crippen LogP contribution in [0.5, 0.6) is 5.75 Å². The lowest BCUT2D eigenvalue weighted by molar-refractivity contribution is 0.314. The van der Waals surface area contributed by atoms with E-state index < -0.39 is 9.84 Å². The molecule has 19 heavy (non-hydrogen) atoms. The topological polar surface area (TPSA) is 43.4 Å². The van der Waals surface area contributed by atoms with Crippen LogP contribution < -0.4 is 4.74 Å². The summed E-state index contributed by atoms with van der Waals surface area (Å²) in [5, 5.41) is 0. The van der Waals surface area contributed by atoms with Crippen LogP contribution in [-0.4, -0.2) is 21.3 Å². The minimum absolute atomic E-state index is 0.0974. The quantitative estimate of drug-likeness (QED) is 0.735. The van der Waals surface area contributed by atoms with Crippen LogP contribution in [0.25, 0.3) is 0 Å². The molecule has 4 heteroatoms. The highest BCUT2D eigenvalue weighted by Crippen LogP contribution is 2.23. The molecule has 0 aliphatic heterocycles. The first-order valence-corrected chi connectivity index (χ1v) is 8.94. The molecule has 0 aromatic heterocycles. The van der Waals surface area contributed by atoms with Gasteiger partial charge < -0.3 is 4.74 Å². The Morgan fingerprint density at radius 2 is 1.89 bits per heavy atom. The molecule has 0 unspecified atom stereocenters. The van der Waals surface area contributed by atoms with Crippen molar-refractivity contribution < 1.29 is 13.2 Å². The average molecular weight is 284 g/mol. The zero-order valence-electron chi connectivity index (χ0n) is 12.1. The minimum atomic E-state index is -2.99. The predicted octanol–water partition coefficient (Wildman–Crippen LogP) is 3.36. The molecule has 0 fully saturated rings. The molecule has 1 aromatic rings. The van der Waals surface area contributed by atoms with E-state index in [4.69, 9.17) is 4.74 Å². The summed E-state index contributed by atoms with van der Waals surface area (Å²) in [6, 6.07) is 5.73. The minimum Gasteiger partial charge on any atom is -0.493 e. The lowest BCUT2D eigenvalue weighted by Crippen LogP contribution is -2.04. The van der Waals surface area contributed by atoms with Gasteiger partial charge in [0, 0.05) is 6.26 Å². The summed E-state index contributed by atoms with van der Waals surface area (Å²) < 4.78 is 28.4. The van der Waals surface area contributed by atoms with E-state index >= 15 is 0 Å². The second kappa shape index (κ2) is 7.53. The smallest absolute Gasteiger partial charge is 0.151 e. The van der Waals surface area contributed by atoms with Crippen molar-refractivity contribution in [3.8, 4) is 5.75 Å². The van der Waals surface area contributed by atoms with Gasteiger partial charge in [0.1, 0.15) is 5.75 Å². The molecule has 0 aliphatic rings. The van der Waals surface area contributed by atoms with Gasteiger partial charge in [0.2, 0.25) is 0 Å². The van der Waals surface area contributed by atoms with Gasteiger partial charge in [-0.1, -0.05) is 32.4 Å². The molecule has 0 heterocycles. The fourth-order valence-corrected chi connectivity index (χ4v) is 2.73. The fraction of sp³-hybridized carbons (Fsp3) is 0.600. The summed E-state index contributed by atoms with van der Waals surface area (Å²) in [6.45, 7) is 4.92. The Hall–Kier alpha value is -1.03. The van der Waals surface area contributed by atoms with Crippen LogP contribution in [0.1, 0.15) is 44.2 Å². The third-order valence-corrected chi connectivity index (χ3v) is 3.67. The number of unbranched alkanes of at least 4 members (excludes halogenated alkanes) is 1. The van der Waals surface area contributed by atoms with Gasteiger partial charge in [-0.05, 0) is 36.5 Å². The highest BCUT2D eigenvalue weighted by atomic mass is 32.2. The predicted molar refractivity (Wildman–Crippen MR) is 79.4 cm³/mol. The van der Waals surface area contributed by atoms with E-state index in [0.717, 1.165) is 42.6 Å². The molecule has 0 aliphatic carbocycles. The number of sulfone groups is 1. The summed E-state index contributed by atoms with van der Waals surface area (Å²) >= 11 is 0. The molecular formula is C15H24O3S. The Balaban J connectivity index is 2.93. The fourth-order valence-electron chi connectivity index (χ4n) is 1.94. The van der Waals surface area contributed by atoms with Gasteiger partial charge >= 0.3 is 0 Å². The van der Waals surface area contributed by atoms with E-state index in [0.29, 0.717) is 6.61 Å². The first kappa shape index (κ1) is 16.0. The van der Waals surface area contributed by atoms with E-state index in [9.17, 15) is 8.42 Å². The van der Waals surface area contributed by atoms with E-state index in [2.05, 4.69) is 13.8 Å². The Labute approximate surface area is 116 Å². The molecule has 0 saturated carbocycles. The van der Waals surface area contributed by atoms with Crippen LogP contribution in [0.4, 0.5) is 0 Å². The summed E-state index contributed by atoms with van der Waals surface area (Å²) in [6.07, 6.45) is 5.38. The zero-order valence-corrected chi connectivity index (χ0v) is 12.9. The molecule has 0 saturated heterocycles.